The summed E-state index contributed by atoms with van der Waals surface area (Å²) in [6.45, 7) is 8.84. The summed E-state index contributed by atoms with van der Waals surface area (Å²) in [4.78, 5) is 28.5. The third-order valence-corrected chi connectivity index (χ3v) is 4.67. The van der Waals surface area contributed by atoms with Crippen LogP contribution in [0.25, 0.3) is 10.4 Å². The second kappa shape index (κ2) is 7.08. The Labute approximate surface area is 144 Å². The zero-order chi connectivity index (χ0) is 18.1. The van der Waals surface area contributed by atoms with E-state index in [0.29, 0.717) is 0 Å². The number of amides is 2. The number of fused-ring (bicyclic) bond motifs is 1. The standard InChI is InChI=1S/C14H22N4O5S/c1-6-24-11-9-10(8(16-17-15)7(2)21-11)22-12(19)18(9)13(20)23-14(3,4)5/h7-11H,6H2,1-5H3/t7-,8+,9-,10+,11+/m1/s1. The maximum absolute atomic E-state index is 12.5. The minimum Gasteiger partial charge on any atom is -0.443 e. The quantitative estimate of drug-likeness (QED) is 0.434. The molecule has 0 aliphatic carbocycles. The summed E-state index contributed by atoms with van der Waals surface area (Å²) in [6, 6.07) is -1.41. The first-order valence-electron chi connectivity index (χ1n) is 7.73. The SMILES string of the molecule is CCS[C@@H]1O[C@H](C)[C@H](N=[N+]=[N-])[C@@H]2OC(=O)N(C(=O)OC(C)(C)C)[C@H]21. The number of rotatable bonds is 3. The summed E-state index contributed by atoms with van der Waals surface area (Å²) in [5, 5.41) is 3.69. The lowest BCUT2D eigenvalue weighted by Crippen LogP contribution is -2.58. The van der Waals surface area contributed by atoms with Gasteiger partial charge in [-0.05, 0) is 39.0 Å². The van der Waals surface area contributed by atoms with Gasteiger partial charge in [0.1, 0.15) is 29.2 Å². The van der Waals surface area contributed by atoms with E-state index in [1.165, 1.54) is 11.8 Å². The number of carbonyl (C=O) groups is 2. The molecule has 2 heterocycles. The number of carbonyl (C=O) groups excluding carboxylic acids is 2. The van der Waals surface area contributed by atoms with Crippen molar-refractivity contribution in [3.05, 3.63) is 10.4 Å². The zero-order valence-corrected chi connectivity index (χ0v) is 15.1. The van der Waals surface area contributed by atoms with Crippen molar-refractivity contribution in [1.29, 1.82) is 0 Å². The largest absolute Gasteiger partial charge is 0.443 e. The molecule has 0 spiro atoms. The van der Waals surface area contributed by atoms with Crippen molar-refractivity contribution in [1.82, 2.24) is 4.90 Å². The van der Waals surface area contributed by atoms with Crippen LogP contribution < -0.4 is 0 Å². The van der Waals surface area contributed by atoms with Crippen molar-refractivity contribution >= 4 is 23.9 Å². The molecule has 24 heavy (non-hydrogen) atoms. The second-order valence-corrected chi connectivity index (χ2v) is 7.93. The first kappa shape index (κ1) is 18.7. The second-order valence-electron chi connectivity index (χ2n) is 6.55. The average Bonchev–Trinajstić information content (AvgIpc) is 2.79. The molecule has 0 N–H and O–H groups in total. The highest BCUT2D eigenvalue weighted by Gasteiger charge is 2.58. The van der Waals surface area contributed by atoms with E-state index in [-0.39, 0.29) is 0 Å². The van der Waals surface area contributed by atoms with Gasteiger partial charge in [-0.3, -0.25) is 0 Å². The van der Waals surface area contributed by atoms with Crippen LogP contribution in [-0.2, 0) is 14.2 Å². The Balaban J connectivity index is 2.34. The lowest BCUT2D eigenvalue weighted by Gasteiger charge is -2.40. The smallest absolute Gasteiger partial charge is 0.420 e. The molecule has 9 nitrogen and oxygen atoms in total. The topological polar surface area (TPSA) is 114 Å². The molecule has 2 aliphatic heterocycles. The molecule has 134 valence electrons. The fourth-order valence-corrected chi connectivity index (χ4v) is 3.78. The third kappa shape index (κ3) is 3.71. The molecule has 0 unspecified atom stereocenters. The summed E-state index contributed by atoms with van der Waals surface area (Å²) in [7, 11) is 0. The van der Waals surface area contributed by atoms with Gasteiger partial charge in [-0.15, -0.1) is 11.8 Å². The average molecular weight is 358 g/mol. The van der Waals surface area contributed by atoms with Gasteiger partial charge in [0.15, 0.2) is 0 Å². The van der Waals surface area contributed by atoms with Crippen LogP contribution in [-0.4, -0.2) is 58.2 Å². The molecule has 2 aliphatic rings. The minimum atomic E-state index is -0.809. The van der Waals surface area contributed by atoms with Crippen LogP contribution in [0.5, 0.6) is 0 Å². The number of nitrogens with zero attached hydrogens (tertiary/aromatic N) is 4. The van der Waals surface area contributed by atoms with E-state index in [1.54, 1.807) is 27.7 Å². The first-order chi connectivity index (χ1) is 11.2. The highest BCUT2D eigenvalue weighted by molar-refractivity contribution is 7.99. The minimum absolute atomic E-state index is 0.433. The van der Waals surface area contributed by atoms with E-state index < -0.39 is 47.5 Å². The van der Waals surface area contributed by atoms with Gasteiger partial charge in [0.2, 0.25) is 0 Å². The number of azide groups is 1. The van der Waals surface area contributed by atoms with Crippen molar-refractivity contribution in [2.75, 3.05) is 5.75 Å². The van der Waals surface area contributed by atoms with Crippen LogP contribution in [0.2, 0.25) is 0 Å². The molecule has 5 atom stereocenters. The van der Waals surface area contributed by atoms with E-state index in [1.807, 2.05) is 6.92 Å². The van der Waals surface area contributed by atoms with E-state index in [4.69, 9.17) is 19.7 Å². The van der Waals surface area contributed by atoms with E-state index in [0.717, 1.165) is 10.7 Å². The van der Waals surface area contributed by atoms with Crippen LogP contribution in [0.4, 0.5) is 9.59 Å². The van der Waals surface area contributed by atoms with Gasteiger partial charge in [0.05, 0.1) is 6.10 Å². The summed E-state index contributed by atoms with van der Waals surface area (Å²) >= 11 is 1.46. The monoisotopic (exact) mass is 358 g/mol. The van der Waals surface area contributed by atoms with Gasteiger partial charge in [0.25, 0.3) is 0 Å². The Bertz CT molecular complexity index is 560. The Kier molecular flexibility index (Phi) is 5.52. The molecule has 2 saturated heterocycles. The Morgan fingerprint density at radius 2 is 2.17 bits per heavy atom. The predicted molar refractivity (Wildman–Crippen MR) is 87.5 cm³/mol. The van der Waals surface area contributed by atoms with Crippen molar-refractivity contribution in [3.8, 4) is 0 Å². The lowest BCUT2D eigenvalue weighted by molar-refractivity contribution is -0.0769. The number of hydrogen-bond donors (Lipinski definition) is 0. The van der Waals surface area contributed by atoms with Gasteiger partial charge in [-0.2, -0.15) is 0 Å². The molecular formula is C14H22N4O5S. The molecule has 2 rings (SSSR count). The highest BCUT2D eigenvalue weighted by atomic mass is 32.2. The molecular weight excluding hydrogens is 336 g/mol. The van der Waals surface area contributed by atoms with Crippen molar-refractivity contribution in [3.63, 3.8) is 0 Å². The molecule has 0 saturated carbocycles. The predicted octanol–water partition coefficient (Wildman–Crippen LogP) is 3.29. The van der Waals surface area contributed by atoms with Crippen LogP contribution >= 0.6 is 11.8 Å². The van der Waals surface area contributed by atoms with Crippen molar-refractivity contribution in [2.45, 2.75) is 69.9 Å². The number of thioether (sulfide) groups is 1. The van der Waals surface area contributed by atoms with E-state index in [9.17, 15) is 9.59 Å². The molecule has 0 aromatic rings. The summed E-state index contributed by atoms with van der Waals surface area (Å²) in [5.74, 6) is 0.725. The van der Waals surface area contributed by atoms with Gasteiger partial charge in [-0.25, -0.2) is 14.5 Å². The fraction of sp³-hybridized carbons (Fsp3) is 0.857. The van der Waals surface area contributed by atoms with Gasteiger partial charge >= 0.3 is 12.2 Å². The lowest BCUT2D eigenvalue weighted by atomic mass is 9.97. The Morgan fingerprint density at radius 1 is 1.50 bits per heavy atom. The van der Waals surface area contributed by atoms with Crippen molar-refractivity contribution < 1.29 is 23.8 Å². The van der Waals surface area contributed by atoms with Gasteiger partial charge in [-0.1, -0.05) is 12.0 Å². The molecule has 10 heteroatoms. The molecule has 2 fully saturated rings. The third-order valence-electron chi connectivity index (χ3n) is 3.62. The first-order valence-corrected chi connectivity index (χ1v) is 8.78. The van der Waals surface area contributed by atoms with Gasteiger partial charge in [0, 0.05) is 4.91 Å². The van der Waals surface area contributed by atoms with Crippen LogP contribution in [0, 0.1) is 0 Å². The maximum atomic E-state index is 12.5. The Morgan fingerprint density at radius 3 is 2.71 bits per heavy atom. The fourth-order valence-electron chi connectivity index (χ4n) is 2.73. The summed E-state index contributed by atoms with van der Waals surface area (Å²) in [5.41, 5.74) is 7.54. The number of hydrogen-bond acceptors (Lipinski definition) is 7. The molecule has 2 amide bonds. The van der Waals surface area contributed by atoms with Crippen molar-refractivity contribution in [2.24, 2.45) is 5.11 Å². The Hall–Kier alpha value is -1.64. The van der Waals surface area contributed by atoms with E-state index >= 15 is 0 Å². The van der Waals surface area contributed by atoms with Crippen LogP contribution in [0.3, 0.4) is 0 Å². The molecule has 0 aromatic carbocycles. The normalized spacial score (nSPS) is 32.6. The summed E-state index contributed by atoms with van der Waals surface area (Å²) < 4.78 is 16.5. The molecule has 0 aromatic heterocycles. The number of imide groups is 1. The van der Waals surface area contributed by atoms with E-state index in [2.05, 4.69) is 10.0 Å². The highest BCUT2D eigenvalue weighted by Crippen LogP contribution is 2.39. The molecule has 0 radical (unpaired) electrons. The van der Waals surface area contributed by atoms with Gasteiger partial charge < -0.3 is 14.2 Å². The van der Waals surface area contributed by atoms with Crippen LogP contribution in [0.15, 0.2) is 5.11 Å². The summed E-state index contributed by atoms with van der Waals surface area (Å²) in [6.07, 6.45) is -2.79. The molecule has 0 bridgehead atoms. The van der Waals surface area contributed by atoms with Crippen LogP contribution in [0.1, 0.15) is 34.6 Å². The maximum Gasteiger partial charge on any atom is 0.420 e. The zero-order valence-electron chi connectivity index (χ0n) is 14.3. The number of ether oxygens (including phenoxy) is 3.